The highest BCUT2D eigenvalue weighted by atomic mass is 16.7. The van der Waals surface area contributed by atoms with Crippen LogP contribution in [0.5, 0.6) is 5.75 Å². The lowest BCUT2D eigenvalue weighted by Gasteiger charge is -2.19. The quantitative estimate of drug-likeness (QED) is 0.301. The Morgan fingerprint density at radius 2 is 2.00 bits per heavy atom. The normalized spacial score (nSPS) is 11.7. The van der Waals surface area contributed by atoms with Gasteiger partial charge < -0.3 is 14.2 Å². The lowest BCUT2D eigenvalue weighted by Crippen LogP contribution is -2.28. The Morgan fingerprint density at radius 3 is 2.60 bits per heavy atom. The maximum Gasteiger partial charge on any atom is 0.333 e. The Morgan fingerprint density at radius 1 is 1.30 bits per heavy atom. The highest BCUT2D eigenvalue weighted by Crippen LogP contribution is 2.12. The van der Waals surface area contributed by atoms with Crippen LogP contribution in [-0.2, 0) is 14.3 Å². The van der Waals surface area contributed by atoms with Gasteiger partial charge in [-0.15, -0.1) is 0 Å². The summed E-state index contributed by atoms with van der Waals surface area (Å²) < 4.78 is 16.3. The molecule has 1 rings (SSSR count). The molecule has 0 saturated carbocycles. The summed E-state index contributed by atoms with van der Waals surface area (Å²) in [7, 11) is 0. The van der Waals surface area contributed by atoms with E-state index < -0.39 is 12.3 Å². The molecule has 1 unspecified atom stereocenters. The fourth-order valence-corrected chi connectivity index (χ4v) is 1.39. The summed E-state index contributed by atoms with van der Waals surface area (Å²) in [6.07, 6.45) is 1.36. The molecule has 4 heteroatoms. The smallest absolute Gasteiger partial charge is 0.333 e. The van der Waals surface area contributed by atoms with Crippen molar-refractivity contribution in [3.05, 3.63) is 42.5 Å². The zero-order chi connectivity index (χ0) is 14.8. The molecular weight excluding hydrogens is 256 g/mol. The van der Waals surface area contributed by atoms with Gasteiger partial charge in [-0.3, -0.25) is 0 Å². The van der Waals surface area contributed by atoms with Crippen molar-refractivity contribution in [2.75, 3.05) is 13.2 Å². The van der Waals surface area contributed by atoms with Gasteiger partial charge in [-0.1, -0.05) is 38.1 Å². The van der Waals surface area contributed by atoms with Crippen molar-refractivity contribution in [2.24, 2.45) is 0 Å². The highest BCUT2D eigenvalue weighted by Gasteiger charge is 2.14. The van der Waals surface area contributed by atoms with Gasteiger partial charge in [0.2, 0.25) is 6.29 Å². The van der Waals surface area contributed by atoms with Gasteiger partial charge in [0.15, 0.2) is 6.61 Å². The molecule has 110 valence electrons. The molecule has 1 aromatic carbocycles. The summed E-state index contributed by atoms with van der Waals surface area (Å²) in [4.78, 5) is 11.4. The van der Waals surface area contributed by atoms with Crippen LogP contribution < -0.4 is 4.74 Å². The van der Waals surface area contributed by atoms with Gasteiger partial charge in [-0.05, 0) is 25.5 Å². The number of rotatable bonds is 9. The Balaban J connectivity index is 2.51. The van der Waals surface area contributed by atoms with Crippen LogP contribution >= 0.6 is 0 Å². The number of para-hydroxylation sites is 1. The first-order valence-electron chi connectivity index (χ1n) is 6.79. The van der Waals surface area contributed by atoms with Crippen LogP contribution in [0.2, 0.25) is 0 Å². The summed E-state index contributed by atoms with van der Waals surface area (Å²) in [5, 5.41) is 0. The van der Waals surface area contributed by atoms with E-state index in [1.165, 1.54) is 0 Å². The minimum absolute atomic E-state index is 0.0459. The molecule has 1 aromatic rings. The third-order valence-corrected chi connectivity index (χ3v) is 2.51. The van der Waals surface area contributed by atoms with Gasteiger partial charge in [0.05, 0.1) is 6.61 Å². The molecule has 0 amide bonds. The molecule has 1 atom stereocenters. The number of hydrogen-bond acceptors (Lipinski definition) is 4. The largest absolute Gasteiger partial charge is 0.461 e. The molecule has 0 bridgehead atoms. The van der Waals surface area contributed by atoms with Crippen molar-refractivity contribution in [3.63, 3.8) is 0 Å². The lowest BCUT2D eigenvalue weighted by molar-refractivity contribution is -0.156. The predicted octanol–water partition coefficient (Wildman–Crippen LogP) is 3.33. The van der Waals surface area contributed by atoms with Crippen molar-refractivity contribution in [3.8, 4) is 5.75 Å². The number of esters is 1. The molecule has 0 heterocycles. The van der Waals surface area contributed by atoms with Crippen molar-refractivity contribution in [2.45, 2.75) is 33.0 Å². The van der Waals surface area contributed by atoms with Crippen LogP contribution in [0.3, 0.4) is 0 Å². The number of carbonyl (C=O) groups is 1. The number of ether oxygens (including phenoxy) is 3. The summed E-state index contributed by atoms with van der Waals surface area (Å²) >= 11 is 0. The molecule has 0 spiro atoms. The Kier molecular flexibility index (Phi) is 7.43. The standard InChI is InChI=1S/C16H22O4/c1-4-5-11-18-15(12-19-16(17)13(2)3)20-14-9-7-6-8-10-14/h6-10,15H,2,4-5,11-12H2,1,3H3. The van der Waals surface area contributed by atoms with Crippen molar-refractivity contribution in [1.29, 1.82) is 0 Å². The van der Waals surface area contributed by atoms with Gasteiger partial charge >= 0.3 is 5.97 Å². The second-order valence-corrected chi connectivity index (χ2v) is 4.46. The zero-order valence-corrected chi connectivity index (χ0v) is 12.1. The Labute approximate surface area is 120 Å². The minimum atomic E-state index is -0.604. The van der Waals surface area contributed by atoms with Crippen LogP contribution in [0.1, 0.15) is 26.7 Å². The van der Waals surface area contributed by atoms with E-state index in [2.05, 4.69) is 13.5 Å². The first-order chi connectivity index (χ1) is 9.63. The third kappa shape index (κ3) is 6.38. The molecule has 0 aromatic heterocycles. The van der Waals surface area contributed by atoms with Crippen LogP contribution in [0, 0.1) is 0 Å². The van der Waals surface area contributed by atoms with Crippen LogP contribution in [0.25, 0.3) is 0 Å². The SMILES string of the molecule is C=C(C)C(=O)OCC(OCCCC)Oc1ccccc1. The zero-order valence-electron chi connectivity index (χ0n) is 12.1. The summed E-state index contributed by atoms with van der Waals surface area (Å²) in [6.45, 7) is 7.84. The van der Waals surface area contributed by atoms with Crippen LogP contribution in [0.15, 0.2) is 42.5 Å². The molecule has 0 N–H and O–H groups in total. The number of hydrogen-bond donors (Lipinski definition) is 0. The maximum atomic E-state index is 11.4. The second-order valence-electron chi connectivity index (χ2n) is 4.46. The Bertz CT molecular complexity index is 414. The number of carbonyl (C=O) groups excluding carboxylic acids is 1. The number of benzene rings is 1. The van der Waals surface area contributed by atoms with Crippen molar-refractivity contribution >= 4 is 5.97 Å². The fourth-order valence-electron chi connectivity index (χ4n) is 1.39. The molecule has 4 nitrogen and oxygen atoms in total. The van der Waals surface area contributed by atoms with E-state index in [1.54, 1.807) is 6.92 Å². The first-order valence-corrected chi connectivity index (χ1v) is 6.79. The average molecular weight is 278 g/mol. The molecule has 0 saturated heterocycles. The Hall–Kier alpha value is -1.81. The predicted molar refractivity (Wildman–Crippen MR) is 77.5 cm³/mol. The van der Waals surface area contributed by atoms with Gasteiger partial charge in [-0.2, -0.15) is 0 Å². The van der Waals surface area contributed by atoms with E-state index >= 15 is 0 Å². The summed E-state index contributed by atoms with van der Waals surface area (Å²) in [5.74, 6) is 0.242. The van der Waals surface area contributed by atoms with Gasteiger partial charge in [-0.25, -0.2) is 4.79 Å². The highest BCUT2D eigenvalue weighted by molar-refractivity contribution is 5.86. The lowest BCUT2D eigenvalue weighted by atomic mass is 10.3. The molecule has 0 aliphatic carbocycles. The van der Waals surface area contributed by atoms with Gasteiger partial charge in [0.1, 0.15) is 5.75 Å². The van der Waals surface area contributed by atoms with Crippen LogP contribution in [-0.4, -0.2) is 25.5 Å². The number of unbranched alkanes of at least 4 members (excludes halogenated alkanes) is 1. The molecule has 20 heavy (non-hydrogen) atoms. The molecule has 0 radical (unpaired) electrons. The summed E-state index contributed by atoms with van der Waals surface area (Å²) in [5.41, 5.74) is 0.358. The van der Waals surface area contributed by atoms with E-state index in [1.807, 2.05) is 30.3 Å². The van der Waals surface area contributed by atoms with Crippen LogP contribution in [0.4, 0.5) is 0 Å². The monoisotopic (exact) mass is 278 g/mol. The molecule has 0 aliphatic heterocycles. The van der Waals surface area contributed by atoms with Crippen molar-refractivity contribution < 1.29 is 19.0 Å². The van der Waals surface area contributed by atoms with E-state index in [0.717, 1.165) is 12.8 Å². The van der Waals surface area contributed by atoms with E-state index in [-0.39, 0.29) is 6.61 Å². The molecular formula is C16H22O4. The van der Waals surface area contributed by atoms with E-state index in [4.69, 9.17) is 14.2 Å². The first kappa shape index (κ1) is 16.2. The van der Waals surface area contributed by atoms with E-state index in [0.29, 0.717) is 17.9 Å². The maximum absolute atomic E-state index is 11.4. The molecule has 0 fully saturated rings. The second kappa shape index (κ2) is 9.15. The summed E-state index contributed by atoms with van der Waals surface area (Å²) in [6, 6.07) is 9.31. The topological polar surface area (TPSA) is 44.8 Å². The van der Waals surface area contributed by atoms with E-state index in [9.17, 15) is 4.79 Å². The van der Waals surface area contributed by atoms with Gasteiger partial charge in [0.25, 0.3) is 0 Å². The molecule has 0 aliphatic rings. The fraction of sp³-hybridized carbons (Fsp3) is 0.438. The minimum Gasteiger partial charge on any atom is -0.461 e. The third-order valence-electron chi connectivity index (χ3n) is 2.51. The average Bonchev–Trinajstić information content (AvgIpc) is 2.45. The van der Waals surface area contributed by atoms with Crippen molar-refractivity contribution in [1.82, 2.24) is 0 Å². The van der Waals surface area contributed by atoms with Gasteiger partial charge in [0, 0.05) is 5.57 Å².